The fourth-order valence-electron chi connectivity index (χ4n) is 1.51. The third kappa shape index (κ3) is 2.67. The second-order valence-electron chi connectivity index (χ2n) is 4.04. The second-order valence-corrected chi connectivity index (χ2v) is 4.04. The number of hydrogen-bond acceptors (Lipinski definition) is 3. The van der Waals surface area contributed by atoms with E-state index in [1.54, 1.807) is 6.07 Å². The first-order valence-electron chi connectivity index (χ1n) is 4.67. The number of halogens is 1. The minimum absolute atomic E-state index is 0.312. The monoisotopic (exact) mass is 213 g/mol. The molecule has 0 saturated heterocycles. The van der Waals surface area contributed by atoms with Crippen LogP contribution in [0.15, 0.2) is 18.2 Å². The van der Waals surface area contributed by atoms with Gasteiger partial charge in [0.15, 0.2) is 0 Å². The molecular formula is C11H16FNO2. The van der Waals surface area contributed by atoms with E-state index < -0.39 is 0 Å². The van der Waals surface area contributed by atoms with Gasteiger partial charge in [-0.15, -0.1) is 0 Å². The van der Waals surface area contributed by atoms with Gasteiger partial charge in [0.05, 0.1) is 13.7 Å². The normalized spacial score (nSPS) is 11.5. The van der Waals surface area contributed by atoms with Gasteiger partial charge in [0.2, 0.25) is 0 Å². The minimum atomic E-state index is -0.319. The Morgan fingerprint density at radius 2 is 2.07 bits per heavy atom. The Bertz CT molecular complexity index is 339. The highest BCUT2D eigenvalue weighted by Gasteiger charge is 2.24. The summed E-state index contributed by atoms with van der Waals surface area (Å²) in [5.74, 6) is 5.25. The molecule has 4 heteroatoms. The zero-order valence-corrected chi connectivity index (χ0v) is 9.21. The van der Waals surface area contributed by atoms with Crippen LogP contribution in [-0.2, 0) is 10.3 Å². The number of benzene rings is 1. The van der Waals surface area contributed by atoms with Crippen molar-refractivity contribution in [3.8, 4) is 5.75 Å². The van der Waals surface area contributed by atoms with Gasteiger partial charge in [0, 0.05) is 17.0 Å². The second kappa shape index (κ2) is 4.59. The fourth-order valence-corrected chi connectivity index (χ4v) is 1.51. The average molecular weight is 213 g/mol. The summed E-state index contributed by atoms with van der Waals surface area (Å²) in [6, 6.07) is 4.44. The van der Waals surface area contributed by atoms with E-state index in [1.165, 1.54) is 19.2 Å². The predicted molar refractivity (Wildman–Crippen MR) is 56.1 cm³/mol. The Balaban J connectivity index is 3.12. The maximum absolute atomic E-state index is 13.0. The van der Waals surface area contributed by atoms with Crippen LogP contribution in [0.5, 0.6) is 5.75 Å². The number of rotatable bonds is 4. The van der Waals surface area contributed by atoms with Gasteiger partial charge in [0.1, 0.15) is 11.6 Å². The summed E-state index contributed by atoms with van der Waals surface area (Å²) in [6.07, 6.45) is 0. The van der Waals surface area contributed by atoms with Crippen molar-refractivity contribution in [1.29, 1.82) is 0 Å². The molecule has 84 valence electrons. The van der Waals surface area contributed by atoms with Crippen LogP contribution in [0.4, 0.5) is 4.39 Å². The molecule has 0 fully saturated rings. The number of hydrogen-bond donors (Lipinski definition) is 1. The molecule has 0 aliphatic rings. The lowest BCUT2D eigenvalue weighted by Gasteiger charge is -2.25. The van der Waals surface area contributed by atoms with E-state index in [0.29, 0.717) is 12.4 Å². The van der Waals surface area contributed by atoms with Gasteiger partial charge in [-0.3, -0.25) is 0 Å². The van der Waals surface area contributed by atoms with E-state index in [1.807, 2.05) is 13.8 Å². The third-order valence-electron chi connectivity index (χ3n) is 2.34. The first-order chi connectivity index (χ1) is 7.01. The van der Waals surface area contributed by atoms with Gasteiger partial charge in [-0.2, -0.15) is 0 Å². The van der Waals surface area contributed by atoms with Crippen molar-refractivity contribution in [2.45, 2.75) is 19.3 Å². The van der Waals surface area contributed by atoms with Gasteiger partial charge in [0.25, 0.3) is 0 Å². The number of methoxy groups -OCH3 is 1. The highest BCUT2D eigenvalue weighted by molar-refractivity contribution is 5.39. The van der Waals surface area contributed by atoms with E-state index in [9.17, 15) is 4.39 Å². The van der Waals surface area contributed by atoms with Crippen molar-refractivity contribution in [3.63, 3.8) is 0 Å². The molecule has 0 heterocycles. The molecule has 0 amide bonds. The maximum Gasteiger partial charge on any atom is 0.126 e. The highest BCUT2D eigenvalue weighted by Crippen LogP contribution is 2.32. The summed E-state index contributed by atoms with van der Waals surface area (Å²) in [4.78, 5) is 4.64. The van der Waals surface area contributed by atoms with Crippen molar-refractivity contribution >= 4 is 0 Å². The van der Waals surface area contributed by atoms with Crippen molar-refractivity contribution in [2.75, 3.05) is 13.7 Å². The van der Waals surface area contributed by atoms with Crippen LogP contribution in [0.2, 0.25) is 0 Å². The van der Waals surface area contributed by atoms with Crippen LogP contribution >= 0.6 is 0 Å². The quantitative estimate of drug-likeness (QED) is 0.778. The molecule has 2 N–H and O–H groups in total. The van der Waals surface area contributed by atoms with Crippen molar-refractivity contribution in [1.82, 2.24) is 0 Å². The summed E-state index contributed by atoms with van der Waals surface area (Å²) < 4.78 is 18.1. The Morgan fingerprint density at radius 1 is 1.40 bits per heavy atom. The molecule has 0 unspecified atom stereocenters. The predicted octanol–water partition coefficient (Wildman–Crippen LogP) is 2.00. The average Bonchev–Trinajstić information content (AvgIpc) is 2.17. The summed E-state index contributed by atoms with van der Waals surface area (Å²) in [5, 5.41) is 0. The van der Waals surface area contributed by atoms with Crippen LogP contribution in [0.1, 0.15) is 19.4 Å². The zero-order chi connectivity index (χ0) is 11.5. The summed E-state index contributed by atoms with van der Waals surface area (Å²) in [7, 11) is 1.51. The van der Waals surface area contributed by atoms with Gasteiger partial charge < -0.3 is 9.57 Å². The molecule has 0 bridgehead atoms. The Hall–Kier alpha value is -1.13. The number of ether oxygens (including phenoxy) is 1. The van der Waals surface area contributed by atoms with E-state index in [-0.39, 0.29) is 11.2 Å². The largest absolute Gasteiger partial charge is 0.496 e. The molecule has 15 heavy (non-hydrogen) atoms. The molecule has 0 aliphatic carbocycles. The van der Waals surface area contributed by atoms with Crippen molar-refractivity contribution in [2.24, 2.45) is 5.90 Å². The zero-order valence-electron chi connectivity index (χ0n) is 9.21. The van der Waals surface area contributed by atoms with Gasteiger partial charge in [-0.1, -0.05) is 19.9 Å². The van der Waals surface area contributed by atoms with E-state index >= 15 is 0 Å². The van der Waals surface area contributed by atoms with Crippen molar-refractivity contribution in [3.05, 3.63) is 29.6 Å². The minimum Gasteiger partial charge on any atom is -0.496 e. The smallest absolute Gasteiger partial charge is 0.126 e. The van der Waals surface area contributed by atoms with Crippen LogP contribution in [0.25, 0.3) is 0 Å². The molecule has 0 aromatic heterocycles. The molecule has 3 nitrogen and oxygen atoms in total. The first kappa shape index (κ1) is 11.9. The van der Waals surface area contributed by atoms with Crippen LogP contribution in [0.3, 0.4) is 0 Å². The summed E-state index contributed by atoms with van der Waals surface area (Å²) in [6.45, 7) is 4.25. The Labute approximate surface area is 88.9 Å². The molecule has 1 aromatic rings. The van der Waals surface area contributed by atoms with Gasteiger partial charge in [-0.25, -0.2) is 10.3 Å². The van der Waals surface area contributed by atoms with Crippen LogP contribution in [-0.4, -0.2) is 13.7 Å². The highest BCUT2D eigenvalue weighted by atomic mass is 19.1. The molecule has 0 radical (unpaired) electrons. The summed E-state index contributed by atoms with van der Waals surface area (Å²) in [5.41, 5.74) is 0.560. The molecule has 1 aromatic carbocycles. The lowest BCUT2D eigenvalue weighted by Crippen LogP contribution is -2.26. The maximum atomic E-state index is 13.0. The van der Waals surface area contributed by atoms with Crippen LogP contribution in [0, 0.1) is 5.82 Å². The SMILES string of the molecule is COc1cc(F)ccc1C(C)(C)CON. The first-order valence-corrected chi connectivity index (χ1v) is 4.67. The fraction of sp³-hybridized carbons (Fsp3) is 0.455. The molecule has 0 aliphatic heterocycles. The van der Waals surface area contributed by atoms with Crippen LogP contribution < -0.4 is 10.6 Å². The molecule has 0 atom stereocenters. The van der Waals surface area contributed by atoms with Gasteiger partial charge >= 0.3 is 0 Å². The van der Waals surface area contributed by atoms with Gasteiger partial charge in [-0.05, 0) is 6.07 Å². The Kier molecular flexibility index (Phi) is 3.66. The standard InChI is InChI=1S/C11H16FNO2/c1-11(2,7-15-13)9-5-4-8(12)6-10(9)14-3/h4-6H,7,13H2,1-3H3. The number of nitrogens with two attached hydrogens (primary N) is 1. The summed E-state index contributed by atoms with van der Waals surface area (Å²) >= 11 is 0. The van der Waals surface area contributed by atoms with E-state index in [4.69, 9.17) is 10.6 Å². The van der Waals surface area contributed by atoms with E-state index in [0.717, 1.165) is 5.56 Å². The molecule has 0 saturated carbocycles. The Morgan fingerprint density at radius 3 is 2.60 bits per heavy atom. The molecule has 1 rings (SSSR count). The molecule has 0 spiro atoms. The topological polar surface area (TPSA) is 44.5 Å². The third-order valence-corrected chi connectivity index (χ3v) is 2.34. The molecular weight excluding hydrogens is 197 g/mol. The lowest BCUT2D eigenvalue weighted by molar-refractivity contribution is 0.0953. The lowest BCUT2D eigenvalue weighted by atomic mass is 9.85. The van der Waals surface area contributed by atoms with E-state index in [2.05, 4.69) is 4.84 Å². The van der Waals surface area contributed by atoms with Crippen molar-refractivity contribution < 1.29 is 14.0 Å².